The van der Waals surface area contributed by atoms with Crippen LogP contribution >= 0.6 is 0 Å². The lowest BCUT2D eigenvalue weighted by Crippen LogP contribution is -2.46. The standard InChI is InChI=1S/C15H26N2O4/c1-10(2)7-13(15(20)21)8-16-14(19)12-5-4-6-17(9-12)11(3)18/h10,12-13H,4-9H2,1-3H3,(H,16,19)(H,20,21). The molecule has 0 spiro atoms. The number of carboxylic acid groups (broad SMARTS) is 1. The van der Waals surface area contributed by atoms with E-state index < -0.39 is 11.9 Å². The molecule has 0 saturated carbocycles. The van der Waals surface area contributed by atoms with Gasteiger partial charge in [0.1, 0.15) is 0 Å². The molecule has 2 atom stereocenters. The van der Waals surface area contributed by atoms with Crippen molar-refractivity contribution in [1.29, 1.82) is 0 Å². The van der Waals surface area contributed by atoms with Crippen LogP contribution in [0.3, 0.4) is 0 Å². The molecule has 1 rings (SSSR count). The molecule has 2 amide bonds. The zero-order chi connectivity index (χ0) is 16.0. The molecule has 1 aliphatic heterocycles. The van der Waals surface area contributed by atoms with Gasteiger partial charge in [-0.3, -0.25) is 14.4 Å². The average Bonchev–Trinajstić information content (AvgIpc) is 2.42. The summed E-state index contributed by atoms with van der Waals surface area (Å²) in [4.78, 5) is 36.3. The van der Waals surface area contributed by atoms with Crippen molar-refractivity contribution in [2.24, 2.45) is 17.8 Å². The third-order valence-corrected chi connectivity index (χ3v) is 3.87. The second-order valence-corrected chi connectivity index (χ2v) is 6.21. The van der Waals surface area contributed by atoms with Gasteiger partial charge in [0.05, 0.1) is 11.8 Å². The van der Waals surface area contributed by atoms with Gasteiger partial charge in [0.2, 0.25) is 11.8 Å². The first kappa shape index (κ1) is 17.5. The van der Waals surface area contributed by atoms with Gasteiger partial charge in [-0.25, -0.2) is 0 Å². The van der Waals surface area contributed by atoms with E-state index in [2.05, 4.69) is 5.32 Å². The van der Waals surface area contributed by atoms with Gasteiger partial charge in [-0.05, 0) is 25.2 Å². The van der Waals surface area contributed by atoms with E-state index in [-0.39, 0.29) is 30.2 Å². The molecule has 0 radical (unpaired) electrons. The number of amides is 2. The zero-order valence-corrected chi connectivity index (χ0v) is 13.1. The van der Waals surface area contributed by atoms with E-state index in [1.165, 1.54) is 6.92 Å². The van der Waals surface area contributed by atoms with Gasteiger partial charge >= 0.3 is 5.97 Å². The van der Waals surface area contributed by atoms with Crippen LogP contribution in [0, 0.1) is 17.8 Å². The highest BCUT2D eigenvalue weighted by Gasteiger charge is 2.28. The lowest BCUT2D eigenvalue weighted by molar-refractivity contribution is -0.142. The highest BCUT2D eigenvalue weighted by Crippen LogP contribution is 2.17. The maximum absolute atomic E-state index is 12.1. The molecule has 0 aliphatic carbocycles. The second-order valence-electron chi connectivity index (χ2n) is 6.21. The third kappa shape index (κ3) is 5.73. The first-order valence-electron chi connectivity index (χ1n) is 7.57. The van der Waals surface area contributed by atoms with Crippen molar-refractivity contribution in [3.8, 4) is 0 Å². The molecular weight excluding hydrogens is 272 g/mol. The Balaban J connectivity index is 2.48. The number of carboxylic acids is 1. The molecule has 0 aromatic rings. The number of likely N-dealkylation sites (tertiary alicyclic amines) is 1. The monoisotopic (exact) mass is 298 g/mol. The normalized spacial score (nSPS) is 20.2. The van der Waals surface area contributed by atoms with Gasteiger partial charge < -0.3 is 15.3 Å². The van der Waals surface area contributed by atoms with E-state index in [1.807, 2.05) is 13.8 Å². The zero-order valence-electron chi connectivity index (χ0n) is 13.1. The fourth-order valence-corrected chi connectivity index (χ4v) is 2.69. The van der Waals surface area contributed by atoms with Crippen LogP contribution in [-0.4, -0.2) is 47.4 Å². The molecule has 6 heteroatoms. The lowest BCUT2D eigenvalue weighted by atomic mass is 9.95. The Bertz CT molecular complexity index is 395. The Morgan fingerprint density at radius 3 is 2.52 bits per heavy atom. The van der Waals surface area contributed by atoms with Crippen LogP contribution in [0.25, 0.3) is 0 Å². The maximum Gasteiger partial charge on any atom is 0.308 e. The van der Waals surface area contributed by atoms with Crippen molar-refractivity contribution >= 4 is 17.8 Å². The first-order valence-corrected chi connectivity index (χ1v) is 7.57. The number of nitrogens with zero attached hydrogens (tertiary/aromatic N) is 1. The van der Waals surface area contributed by atoms with E-state index in [4.69, 9.17) is 5.11 Å². The van der Waals surface area contributed by atoms with E-state index in [0.29, 0.717) is 19.5 Å². The van der Waals surface area contributed by atoms with Crippen LogP contribution < -0.4 is 5.32 Å². The fraction of sp³-hybridized carbons (Fsp3) is 0.800. The summed E-state index contributed by atoms with van der Waals surface area (Å²) in [6, 6.07) is 0. The molecule has 21 heavy (non-hydrogen) atoms. The van der Waals surface area contributed by atoms with Crippen molar-refractivity contribution in [3.05, 3.63) is 0 Å². The van der Waals surface area contributed by atoms with E-state index in [0.717, 1.165) is 12.8 Å². The van der Waals surface area contributed by atoms with Crippen LogP contribution in [0.5, 0.6) is 0 Å². The summed E-state index contributed by atoms with van der Waals surface area (Å²) in [5.41, 5.74) is 0. The van der Waals surface area contributed by atoms with E-state index >= 15 is 0 Å². The Morgan fingerprint density at radius 2 is 2.00 bits per heavy atom. The third-order valence-electron chi connectivity index (χ3n) is 3.87. The number of aliphatic carboxylic acids is 1. The molecule has 0 bridgehead atoms. The summed E-state index contributed by atoms with van der Waals surface area (Å²) in [6.07, 6.45) is 2.10. The smallest absolute Gasteiger partial charge is 0.308 e. The molecule has 2 unspecified atom stereocenters. The fourth-order valence-electron chi connectivity index (χ4n) is 2.69. The molecule has 0 aromatic heterocycles. The van der Waals surface area contributed by atoms with Crippen molar-refractivity contribution in [1.82, 2.24) is 10.2 Å². The minimum Gasteiger partial charge on any atom is -0.481 e. The molecule has 6 nitrogen and oxygen atoms in total. The summed E-state index contributed by atoms with van der Waals surface area (Å²) < 4.78 is 0. The summed E-state index contributed by atoms with van der Waals surface area (Å²) in [6.45, 7) is 6.72. The Hall–Kier alpha value is -1.59. The molecule has 0 aromatic carbocycles. The Morgan fingerprint density at radius 1 is 1.33 bits per heavy atom. The number of rotatable bonds is 6. The number of carbonyl (C=O) groups excluding carboxylic acids is 2. The summed E-state index contributed by atoms with van der Waals surface area (Å²) in [5.74, 6) is -1.55. The van der Waals surface area contributed by atoms with Gasteiger partial charge in [0.15, 0.2) is 0 Å². The van der Waals surface area contributed by atoms with Crippen LogP contribution in [0.4, 0.5) is 0 Å². The molecule has 1 saturated heterocycles. The van der Waals surface area contributed by atoms with Crippen LogP contribution in [0.1, 0.15) is 40.0 Å². The molecule has 120 valence electrons. The van der Waals surface area contributed by atoms with Gasteiger partial charge in [0, 0.05) is 26.6 Å². The topological polar surface area (TPSA) is 86.7 Å². The molecule has 2 N–H and O–H groups in total. The lowest BCUT2D eigenvalue weighted by Gasteiger charge is -2.31. The summed E-state index contributed by atoms with van der Waals surface area (Å²) >= 11 is 0. The Labute approximate surface area is 125 Å². The molecule has 1 aliphatic rings. The second kappa shape index (κ2) is 8.00. The van der Waals surface area contributed by atoms with E-state index in [1.54, 1.807) is 4.90 Å². The van der Waals surface area contributed by atoms with Crippen LogP contribution in [0.2, 0.25) is 0 Å². The number of hydrogen-bond donors (Lipinski definition) is 2. The average molecular weight is 298 g/mol. The Kier molecular flexibility index (Phi) is 6.65. The van der Waals surface area contributed by atoms with Gasteiger partial charge in [-0.15, -0.1) is 0 Å². The maximum atomic E-state index is 12.1. The predicted octanol–water partition coefficient (Wildman–Crippen LogP) is 1.11. The SMILES string of the molecule is CC(=O)N1CCCC(C(=O)NCC(CC(C)C)C(=O)O)C1. The predicted molar refractivity (Wildman–Crippen MR) is 78.6 cm³/mol. The van der Waals surface area contributed by atoms with Crippen molar-refractivity contribution < 1.29 is 19.5 Å². The van der Waals surface area contributed by atoms with Crippen molar-refractivity contribution in [2.75, 3.05) is 19.6 Å². The van der Waals surface area contributed by atoms with Crippen molar-refractivity contribution in [3.63, 3.8) is 0 Å². The number of nitrogens with one attached hydrogen (secondary N) is 1. The minimum absolute atomic E-state index is 0.0179. The van der Waals surface area contributed by atoms with Gasteiger partial charge in [-0.1, -0.05) is 13.8 Å². The van der Waals surface area contributed by atoms with Gasteiger partial charge in [-0.2, -0.15) is 0 Å². The molecule has 1 heterocycles. The quantitative estimate of drug-likeness (QED) is 0.769. The van der Waals surface area contributed by atoms with Crippen LogP contribution in [0.15, 0.2) is 0 Å². The number of carbonyl (C=O) groups is 3. The first-order chi connectivity index (χ1) is 9.81. The van der Waals surface area contributed by atoms with Crippen molar-refractivity contribution in [2.45, 2.75) is 40.0 Å². The summed E-state index contributed by atoms with van der Waals surface area (Å²) in [7, 11) is 0. The summed E-state index contributed by atoms with van der Waals surface area (Å²) in [5, 5.41) is 11.9. The molecule has 1 fully saturated rings. The van der Waals surface area contributed by atoms with Crippen LogP contribution in [-0.2, 0) is 14.4 Å². The largest absolute Gasteiger partial charge is 0.481 e. The number of piperidine rings is 1. The highest BCUT2D eigenvalue weighted by atomic mass is 16.4. The minimum atomic E-state index is -0.877. The van der Waals surface area contributed by atoms with E-state index in [9.17, 15) is 14.4 Å². The molecular formula is C15H26N2O4. The van der Waals surface area contributed by atoms with Gasteiger partial charge in [0.25, 0.3) is 0 Å². The number of hydrogen-bond acceptors (Lipinski definition) is 3. The highest BCUT2D eigenvalue weighted by molar-refractivity contribution is 5.81.